The predicted octanol–water partition coefficient (Wildman–Crippen LogP) is 6.31. The number of carbonyl (C=O) groups excluding carboxylic acids is 1. The third kappa shape index (κ3) is 6.50. The summed E-state index contributed by atoms with van der Waals surface area (Å²) in [7, 11) is 1.51. The zero-order valence-electron chi connectivity index (χ0n) is 22.9. The van der Waals surface area contributed by atoms with E-state index in [4.69, 9.17) is 9.47 Å². The highest BCUT2D eigenvalue weighted by Gasteiger charge is 2.32. The molecule has 0 atom stereocenters. The molecule has 10 heteroatoms. The summed E-state index contributed by atoms with van der Waals surface area (Å²) in [4.78, 5) is 34.4. The number of methoxy groups -OCH3 is 1. The molecule has 1 saturated carbocycles. The van der Waals surface area contributed by atoms with Gasteiger partial charge in [0.2, 0.25) is 11.8 Å². The van der Waals surface area contributed by atoms with Crippen molar-refractivity contribution in [2.75, 3.05) is 7.11 Å². The normalized spacial score (nSPS) is 14.4. The van der Waals surface area contributed by atoms with E-state index in [9.17, 15) is 13.6 Å². The van der Waals surface area contributed by atoms with Gasteiger partial charge < -0.3 is 9.47 Å². The van der Waals surface area contributed by atoms with Crippen molar-refractivity contribution in [3.63, 3.8) is 0 Å². The molecule has 0 saturated heterocycles. The van der Waals surface area contributed by atoms with Crippen molar-refractivity contribution < 1.29 is 23.0 Å². The first-order valence-electron chi connectivity index (χ1n) is 12.6. The number of pyridine rings is 1. The van der Waals surface area contributed by atoms with Crippen LogP contribution in [0.4, 0.5) is 8.78 Å². The Kier molecular flexibility index (Phi) is 8.13. The van der Waals surface area contributed by atoms with Gasteiger partial charge in [-0.2, -0.15) is 4.98 Å². The molecule has 1 fully saturated rings. The van der Waals surface area contributed by atoms with Crippen LogP contribution in [-0.2, 0) is 6.61 Å². The zero-order valence-corrected chi connectivity index (χ0v) is 22.9. The van der Waals surface area contributed by atoms with Gasteiger partial charge in [-0.3, -0.25) is 9.78 Å². The van der Waals surface area contributed by atoms with Gasteiger partial charge in [0, 0.05) is 43.2 Å². The summed E-state index contributed by atoms with van der Waals surface area (Å²) in [6, 6.07) is 3.37. The van der Waals surface area contributed by atoms with Crippen LogP contribution in [0.1, 0.15) is 79.5 Å². The number of aryl methyl sites for hydroxylation is 1. The first-order valence-corrected chi connectivity index (χ1v) is 12.6. The molecule has 1 aliphatic rings. The van der Waals surface area contributed by atoms with Crippen molar-refractivity contribution in [3.8, 4) is 23.1 Å². The number of alkyl halides is 2. The fourth-order valence-electron chi connectivity index (χ4n) is 4.25. The molecule has 4 rings (SSSR count). The molecule has 3 heterocycles. The van der Waals surface area contributed by atoms with Crippen LogP contribution >= 0.6 is 0 Å². The fraction of sp³-hybridized carbons (Fsp3) is 0.379. The van der Waals surface area contributed by atoms with Gasteiger partial charge in [-0.1, -0.05) is 6.08 Å². The van der Waals surface area contributed by atoms with E-state index in [0.717, 1.165) is 36.6 Å². The van der Waals surface area contributed by atoms with E-state index in [0.29, 0.717) is 22.7 Å². The fourth-order valence-corrected chi connectivity index (χ4v) is 4.25. The van der Waals surface area contributed by atoms with E-state index in [1.54, 1.807) is 20.0 Å². The Hall–Kier alpha value is -4.08. The van der Waals surface area contributed by atoms with Crippen LogP contribution in [-0.4, -0.2) is 43.7 Å². The second-order valence-electron chi connectivity index (χ2n) is 9.65. The number of carbonyl (C=O) groups is 1. The van der Waals surface area contributed by atoms with Crippen molar-refractivity contribution in [1.29, 1.82) is 0 Å². The molecule has 0 spiro atoms. The van der Waals surface area contributed by atoms with Crippen LogP contribution < -0.4 is 9.47 Å². The van der Waals surface area contributed by atoms with Crippen LogP contribution in [0.25, 0.3) is 17.0 Å². The lowest BCUT2D eigenvalue weighted by Crippen LogP contribution is -2.12. The third-order valence-electron chi connectivity index (χ3n) is 6.37. The summed E-state index contributed by atoms with van der Waals surface area (Å²) >= 11 is 0. The molecule has 204 valence electrons. The van der Waals surface area contributed by atoms with Gasteiger partial charge in [0.25, 0.3) is 5.92 Å². The molecule has 0 N–H and O–H groups in total. The molecule has 3 aromatic heterocycles. The smallest absolute Gasteiger partial charge is 0.270 e. The average molecular weight is 536 g/mol. The maximum Gasteiger partial charge on any atom is 0.270 e. The third-order valence-corrected chi connectivity index (χ3v) is 6.37. The lowest BCUT2D eigenvalue weighted by molar-refractivity contribution is 0.0673. The zero-order chi connectivity index (χ0) is 28.3. The average Bonchev–Trinajstić information content (AvgIpc) is 3.74. The minimum atomic E-state index is -2.94. The molecule has 0 bridgehead atoms. The molecule has 39 heavy (non-hydrogen) atoms. The second kappa shape index (κ2) is 11.3. The summed E-state index contributed by atoms with van der Waals surface area (Å²) in [6.07, 6.45) is 7.93. The van der Waals surface area contributed by atoms with Gasteiger partial charge >= 0.3 is 0 Å². The van der Waals surface area contributed by atoms with Crippen molar-refractivity contribution in [3.05, 3.63) is 70.6 Å². The summed E-state index contributed by atoms with van der Waals surface area (Å²) < 4.78 is 39.1. The maximum absolute atomic E-state index is 13.8. The number of halogens is 2. The second-order valence-corrected chi connectivity index (χ2v) is 9.65. The van der Waals surface area contributed by atoms with E-state index < -0.39 is 5.92 Å². The molecule has 0 aromatic carbocycles. The minimum absolute atomic E-state index is 0.0697. The first kappa shape index (κ1) is 27.9. The van der Waals surface area contributed by atoms with E-state index in [1.165, 1.54) is 38.6 Å². The highest BCUT2D eigenvalue weighted by Crippen LogP contribution is 2.45. The number of nitrogens with zero attached hydrogens (tertiary/aromatic N) is 5. The van der Waals surface area contributed by atoms with Crippen LogP contribution in [0, 0.1) is 6.92 Å². The van der Waals surface area contributed by atoms with Crippen LogP contribution in [0.3, 0.4) is 0 Å². The van der Waals surface area contributed by atoms with E-state index in [1.807, 2.05) is 13.0 Å². The van der Waals surface area contributed by atoms with Gasteiger partial charge in [-0.05, 0) is 56.9 Å². The van der Waals surface area contributed by atoms with Gasteiger partial charge in [-0.15, -0.1) is 0 Å². The lowest BCUT2D eigenvalue weighted by Gasteiger charge is -2.14. The van der Waals surface area contributed by atoms with Gasteiger partial charge in [0.1, 0.15) is 24.2 Å². The number of allylic oxidation sites excluding steroid dienone is 4. The summed E-state index contributed by atoms with van der Waals surface area (Å²) in [5.41, 5.74) is 4.28. The van der Waals surface area contributed by atoms with Crippen molar-refractivity contribution in [2.24, 2.45) is 0 Å². The van der Waals surface area contributed by atoms with E-state index in [2.05, 4.69) is 24.9 Å². The number of aromatic nitrogens is 5. The molecule has 3 aromatic rings. The Labute approximate surface area is 226 Å². The Morgan fingerprint density at radius 2 is 1.90 bits per heavy atom. The summed E-state index contributed by atoms with van der Waals surface area (Å²) in [5, 5.41) is 0. The molecular formula is C29H31F2N5O3. The Morgan fingerprint density at radius 3 is 2.49 bits per heavy atom. The van der Waals surface area contributed by atoms with Crippen LogP contribution in [0.5, 0.6) is 11.8 Å². The quantitative estimate of drug-likeness (QED) is 0.220. The number of Topliss-reactive ketones (excluding diaryl/α,β-unsaturated/α-hetero) is 1. The van der Waals surface area contributed by atoms with E-state index >= 15 is 0 Å². The summed E-state index contributed by atoms with van der Waals surface area (Å²) in [6.45, 7) is 7.61. The first-order chi connectivity index (χ1) is 18.5. The van der Waals surface area contributed by atoms with E-state index in [-0.39, 0.29) is 41.3 Å². The highest BCUT2D eigenvalue weighted by atomic mass is 19.3. The predicted molar refractivity (Wildman–Crippen MR) is 143 cm³/mol. The van der Waals surface area contributed by atoms with Crippen LogP contribution in [0.15, 0.2) is 42.4 Å². The lowest BCUT2D eigenvalue weighted by atomic mass is 10.0. The monoisotopic (exact) mass is 535 g/mol. The molecule has 0 radical (unpaired) electrons. The Morgan fingerprint density at radius 1 is 1.15 bits per heavy atom. The number of ether oxygens (including phenoxy) is 2. The number of hydrogen-bond donors (Lipinski definition) is 0. The standard InChI is InChI=1S/C29H31F2N5O3/c1-7-21(29(5,30)31)11-17(3)25-16(2)10-19(13-32-25)14-39-23-12-22(18(4)37)35-27(36-23)24-26(20-8-9-20)33-15-34-28(24)38-6/h7,10-13,15,20H,8-9,14H2,1-6H3/b17-11+,21-7+. The molecule has 8 nitrogen and oxygen atoms in total. The van der Waals surface area contributed by atoms with Crippen molar-refractivity contribution in [1.82, 2.24) is 24.9 Å². The SMILES string of the molecule is C/C=C(\C=C(/C)c1ncc(COc2cc(C(C)=O)nc(-c3c(OC)ncnc3C3CC3)n2)cc1C)C(C)(F)F. The summed E-state index contributed by atoms with van der Waals surface area (Å²) in [5.74, 6) is -2.12. The largest absolute Gasteiger partial charge is 0.480 e. The maximum atomic E-state index is 13.8. The number of rotatable bonds is 10. The van der Waals surface area contributed by atoms with Crippen molar-refractivity contribution in [2.45, 2.75) is 65.9 Å². The molecule has 1 aliphatic carbocycles. The van der Waals surface area contributed by atoms with Crippen LogP contribution in [0.2, 0.25) is 0 Å². The topological polar surface area (TPSA) is 100.0 Å². The minimum Gasteiger partial charge on any atom is -0.480 e. The molecule has 0 aliphatic heterocycles. The molecular weight excluding hydrogens is 504 g/mol. The Balaban J connectivity index is 1.61. The number of ketones is 1. The molecule has 0 amide bonds. The van der Waals surface area contributed by atoms with Crippen molar-refractivity contribution >= 4 is 11.4 Å². The van der Waals surface area contributed by atoms with Gasteiger partial charge in [0.15, 0.2) is 11.6 Å². The number of hydrogen-bond acceptors (Lipinski definition) is 8. The molecule has 0 unspecified atom stereocenters. The highest BCUT2D eigenvalue weighted by molar-refractivity contribution is 5.93. The Bertz CT molecular complexity index is 1460. The van der Waals surface area contributed by atoms with Gasteiger partial charge in [0.05, 0.1) is 18.5 Å². The van der Waals surface area contributed by atoms with Gasteiger partial charge in [-0.25, -0.2) is 23.7 Å².